The van der Waals surface area contributed by atoms with Crippen molar-refractivity contribution < 1.29 is 28.7 Å². The van der Waals surface area contributed by atoms with Crippen LogP contribution in [0.3, 0.4) is 0 Å². The summed E-state index contributed by atoms with van der Waals surface area (Å²) in [6, 6.07) is 3.50. The monoisotopic (exact) mass is 597 g/mol. The van der Waals surface area contributed by atoms with E-state index in [9.17, 15) is 19.2 Å². The van der Waals surface area contributed by atoms with E-state index in [1.165, 1.54) is 6.20 Å². The lowest BCUT2D eigenvalue weighted by molar-refractivity contribution is -0.156. The highest BCUT2D eigenvalue weighted by atomic mass is 16.5. The predicted octanol–water partition coefficient (Wildman–Crippen LogP) is 2.30. The molecule has 4 amide bonds. The molecule has 0 saturated carbocycles. The molecule has 0 unspecified atom stereocenters. The molecule has 3 heterocycles. The molecule has 0 bridgehead atoms. The molecular weight excluding hydrogens is 550 g/mol. The minimum atomic E-state index is -0.694. The Bertz CT molecular complexity index is 1190. The largest absolute Gasteiger partial charge is 0.496 e. The molecular formula is C32H47N5O6. The van der Waals surface area contributed by atoms with Crippen molar-refractivity contribution in [3.05, 3.63) is 30.0 Å². The highest BCUT2D eigenvalue weighted by molar-refractivity contribution is 5.98. The van der Waals surface area contributed by atoms with Crippen molar-refractivity contribution in [2.24, 2.45) is 11.8 Å². The third-order valence-electron chi connectivity index (χ3n) is 9.24. The average Bonchev–Trinajstić information content (AvgIpc) is 3.67. The maximum absolute atomic E-state index is 13.2. The Hall–Kier alpha value is -3.60. The summed E-state index contributed by atoms with van der Waals surface area (Å²) in [5.74, 6) is 0.762. The van der Waals surface area contributed by atoms with Crippen molar-refractivity contribution in [2.75, 3.05) is 27.2 Å². The Morgan fingerprint density at radius 3 is 2.40 bits per heavy atom. The van der Waals surface area contributed by atoms with Crippen molar-refractivity contribution in [3.63, 3.8) is 0 Å². The van der Waals surface area contributed by atoms with Crippen LogP contribution < -0.4 is 25.4 Å². The van der Waals surface area contributed by atoms with Crippen LogP contribution in [0.1, 0.15) is 65.4 Å². The van der Waals surface area contributed by atoms with Gasteiger partial charge in [0.25, 0.3) is 0 Å². The van der Waals surface area contributed by atoms with E-state index < -0.39 is 12.1 Å². The molecule has 236 valence electrons. The summed E-state index contributed by atoms with van der Waals surface area (Å²) in [6.07, 6.45) is 6.55. The van der Waals surface area contributed by atoms with Crippen LogP contribution in [0.25, 0.3) is 6.08 Å². The lowest BCUT2D eigenvalue weighted by Crippen LogP contribution is -2.60. The zero-order valence-corrected chi connectivity index (χ0v) is 26.2. The summed E-state index contributed by atoms with van der Waals surface area (Å²) in [4.78, 5) is 55.6. The quantitative estimate of drug-likeness (QED) is 0.318. The predicted molar refractivity (Wildman–Crippen MR) is 163 cm³/mol. The van der Waals surface area contributed by atoms with Gasteiger partial charge in [-0.25, -0.2) is 0 Å². The van der Waals surface area contributed by atoms with Crippen LogP contribution in [0.5, 0.6) is 11.5 Å². The van der Waals surface area contributed by atoms with E-state index in [0.717, 1.165) is 25.7 Å². The number of rotatable bonds is 13. The number of piperazine rings is 1. The number of benzene rings is 1. The smallest absolute Gasteiger partial charge is 0.246 e. The molecule has 0 aromatic heterocycles. The molecule has 11 nitrogen and oxygen atoms in total. The van der Waals surface area contributed by atoms with Gasteiger partial charge in [-0.1, -0.05) is 40.5 Å². The molecule has 1 aromatic rings. The van der Waals surface area contributed by atoms with Gasteiger partial charge in [-0.15, -0.1) is 0 Å². The summed E-state index contributed by atoms with van der Waals surface area (Å²) < 4.78 is 11.8. The maximum atomic E-state index is 13.2. The molecule has 4 rings (SSSR count). The zero-order valence-electron chi connectivity index (χ0n) is 26.2. The van der Waals surface area contributed by atoms with Crippen molar-refractivity contribution in [1.82, 2.24) is 25.8 Å². The van der Waals surface area contributed by atoms with E-state index in [2.05, 4.69) is 16.0 Å². The first kappa shape index (κ1) is 32.3. The first-order valence-electron chi connectivity index (χ1n) is 15.5. The molecule has 1 aromatic carbocycles. The Morgan fingerprint density at radius 2 is 1.72 bits per heavy atom. The van der Waals surface area contributed by atoms with Crippen LogP contribution in [0.4, 0.5) is 0 Å². The molecule has 43 heavy (non-hydrogen) atoms. The number of nitrogens with one attached hydrogen (secondary N) is 3. The summed E-state index contributed by atoms with van der Waals surface area (Å²) in [6.45, 7) is 8.99. The van der Waals surface area contributed by atoms with Gasteiger partial charge in [-0.3, -0.25) is 19.2 Å². The van der Waals surface area contributed by atoms with Crippen LogP contribution in [0.15, 0.2) is 24.4 Å². The van der Waals surface area contributed by atoms with E-state index >= 15 is 0 Å². The Labute approximate surface area is 254 Å². The number of hydrogen-bond donors (Lipinski definition) is 3. The minimum Gasteiger partial charge on any atom is -0.496 e. The molecule has 3 N–H and O–H groups in total. The van der Waals surface area contributed by atoms with Crippen molar-refractivity contribution in [3.8, 4) is 11.5 Å². The highest BCUT2D eigenvalue weighted by Crippen LogP contribution is 2.34. The van der Waals surface area contributed by atoms with Gasteiger partial charge < -0.3 is 35.2 Å². The summed E-state index contributed by atoms with van der Waals surface area (Å²) in [7, 11) is 3.32. The molecule has 0 aliphatic carbocycles. The fourth-order valence-electron chi connectivity index (χ4n) is 6.30. The molecule has 3 fully saturated rings. The number of fused-ring (bicyclic) bond motifs is 2. The molecule has 11 heteroatoms. The first-order valence-corrected chi connectivity index (χ1v) is 15.5. The number of amides is 4. The van der Waals surface area contributed by atoms with Crippen molar-refractivity contribution >= 4 is 29.7 Å². The number of ether oxygens (including phenoxy) is 2. The third-order valence-corrected chi connectivity index (χ3v) is 9.24. The Balaban J connectivity index is 1.41. The second-order valence-electron chi connectivity index (χ2n) is 11.9. The van der Waals surface area contributed by atoms with E-state index in [-0.39, 0.29) is 53.7 Å². The number of hydrogen-bond acceptors (Lipinski definition) is 7. The normalized spacial score (nSPS) is 24.3. The fraction of sp³-hybridized carbons (Fsp3) is 0.625. The standard InChI is InChI=1S/C32H47N5O6/c1-7-19(3)27(33-5)30(39)35-28(20(4)8-2)29(38)34-14-13-21-16-22(11-12-26(21)42-6)43-23-17-25-32(41)36-15-9-10-24(36)31(40)37(25)18-23/h11-14,16,19-20,23-25,27-28,33H,7-10,15,17-18H2,1-6H3,(H,34,38)(H,35,39)/t19-,20+,23+,24-,25+,27-,28-/m0/s1. The van der Waals surface area contributed by atoms with E-state index in [1.54, 1.807) is 48.2 Å². The third kappa shape index (κ3) is 6.98. The highest BCUT2D eigenvalue weighted by Gasteiger charge is 2.52. The Kier molecular flexibility index (Phi) is 10.7. The van der Waals surface area contributed by atoms with E-state index in [1.807, 2.05) is 27.7 Å². The van der Waals surface area contributed by atoms with Crippen molar-refractivity contribution in [2.45, 2.75) is 90.1 Å². The zero-order chi connectivity index (χ0) is 31.3. The molecule has 3 aliphatic heterocycles. The van der Waals surface area contributed by atoms with Gasteiger partial charge in [-0.2, -0.15) is 0 Å². The second kappa shape index (κ2) is 14.2. The summed E-state index contributed by atoms with van der Waals surface area (Å²) in [5, 5.41) is 8.84. The van der Waals surface area contributed by atoms with Gasteiger partial charge in [-0.05, 0) is 56.0 Å². The van der Waals surface area contributed by atoms with Crippen molar-refractivity contribution in [1.29, 1.82) is 0 Å². The molecule has 3 saturated heterocycles. The summed E-state index contributed by atoms with van der Waals surface area (Å²) in [5.41, 5.74) is 0.681. The van der Waals surface area contributed by atoms with Gasteiger partial charge >= 0.3 is 0 Å². The van der Waals surface area contributed by atoms with Crippen LogP contribution >= 0.6 is 0 Å². The number of likely N-dealkylation sites (N-methyl/N-ethyl adjacent to an activating group) is 1. The SMILES string of the molecule is CC[C@@H](C)[C@H](NC(=O)[C@@H](NC)[C@@H](C)CC)C(=O)NC=Cc1cc(O[C@@H]2C[C@@H]3C(=O)N4CCC[C@H]4C(=O)N3C2)ccc1OC. The van der Waals surface area contributed by atoms with E-state index in [0.29, 0.717) is 36.6 Å². The van der Waals surface area contributed by atoms with Gasteiger partial charge in [0.15, 0.2) is 0 Å². The lowest BCUT2D eigenvalue weighted by Gasteiger charge is -2.38. The maximum Gasteiger partial charge on any atom is 0.246 e. The van der Waals surface area contributed by atoms with Gasteiger partial charge in [0.1, 0.15) is 35.7 Å². The van der Waals surface area contributed by atoms with Gasteiger partial charge in [0.2, 0.25) is 23.6 Å². The molecule has 3 aliphatic rings. The van der Waals surface area contributed by atoms with Crippen LogP contribution in [-0.4, -0.2) is 90.9 Å². The molecule has 0 radical (unpaired) electrons. The van der Waals surface area contributed by atoms with Crippen LogP contribution in [0, 0.1) is 11.8 Å². The fourth-order valence-corrected chi connectivity index (χ4v) is 6.30. The van der Waals surface area contributed by atoms with Crippen LogP contribution in [0.2, 0.25) is 0 Å². The number of methoxy groups -OCH3 is 1. The number of nitrogens with zero attached hydrogens (tertiary/aromatic N) is 2. The lowest BCUT2D eigenvalue weighted by atomic mass is 9.95. The first-order chi connectivity index (χ1) is 20.6. The average molecular weight is 598 g/mol. The number of carbonyl (C=O) groups excluding carboxylic acids is 4. The topological polar surface area (TPSA) is 129 Å². The van der Waals surface area contributed by atoms with Gasteiger partial charge in [0, 0.05) is 24.7 Å². The van der Waals surface area contributed by atoms with Gasteiger partial charge in [0.05, 0.1) is 19.7 Å². The molecule has 7 atom stereocenters. The molecule has 0 spiro atoms. The minimum absolute atomic E-state index is 0.0236. The summed E-state index contributed by atoms with van der Waals surface area (Å²) >= 11 is 0. The number of carbonyl (C=O) groups is 4. The Morgan fingerprint density at radius 1 is 1.02 bits per heavy atom. The van der Waals surface area contributed by atoms with E-state index in [4.69, 9.17) is 9.47 Å². The second-order valence-corrected chi connectivity index (χ2v) is 11.9. The van der Waals surface area contributed by atoms with Crippen LogP contribution in [-0.2, 0) is 19.2 Å².